The molecule has 32 heavy (non-hydrogen) atoms. The van der Waals surface area contributed by atoms with E-state index in [1.807, 2.05) is 61.7 Å². The van der Waals surface area contributed by atoms with E-state index in [-0.39, 0.29) is 11.4 Å². The maximum absolute atomic E-state index is 12.8. The van der Waals surface area contributed by atoms with Gasteiger partial charge in [0.15, 0.2) is 5.84 Å². The molecule has 1 aromatic carbocycles. The second kappa shape index (κ2) is 7.92. The van der Waals surface area contributed by atoms with Crippen LogP contribution in [-0.4, -0.2) is 38.6 Å². The first-order chi connectivity index (χ1) is 15.5. The summed E-state index contributed by atoms with van der Waals surface area (Å²) >= 11 is 2.87. The molecule has 0 atom stereocenters. The minimum atomic E-state index is -0.425. The Morgan fingerprint density at radius 3 is 2.62 bits per heavy atom. The van der Waals surface area contributed by atoms with E-state index >= 15 is 0 Å². The zero-order valence-electron chi connectivity index (χ0n) is 17.6. The molecular formula is C23H19N5O2S2. The Morgan fingerprint density at radius 2 is 1.94 bits per heavy atom. The Hall–Kier alpha value is -3.43. The van der Waals surface area contributed by atoms with E-state index in [0.29, 0.717) is 5.17 Å². The quantitative estimate of drug-likeness (QED) is 0.564. The summed E-state index contributed by atoms with van der Waals surface area (Å²) in [5.74, 6) is 0.401. The summed E-state index contributed by atoms with van der Waals surface area (Å²) in [6.07, 6.45) is 1.73. The summed E-state index contributed by atoms with van der Waals surface area (Å²) in [5, 5.41) is 17.7. The van der Waals surface area contributed by atoms with E-state index in [2.05, 4.69) is 14.7 Å². The van der Waals surface area contributed by atoms with Gasteiger partial charge >= 0.3 is 0 Å². The number of hydrogen-bond acceptors (Lipinski definition) is 6. The Balaban J connectivity index is 1.50. The van der Waals surface area contributed by atoms with Gasteiger partial charge in [0.1, 0.15) is 10.8 Å². The Bertz CT molecular complexity index is 1330. The Labute approximate surface area is 193 Å². The van der Waals surface area contributed by atoms with E-state index in [9.17, 15) is 4.79 Å². The first-order valence-electron chi connectivity index (χ1n) is 9.83. The maximum Gasteiger partial charge on any atom is 0.283 e. The van der Waals surface area contributed by atoms with Crippen LogP contribution in [0.3, 0.4) is 0 Å². The molecule has 0 radical (unpaired) electrons. The molecule has 2 aromatic heterocycles. The van der Waals surface area contributed by atoms with Gasteiger partial charge in [0.05, 0.1) is 17.6 Å². The minimum absolute atomic E-state index is 0.0355. The number of nitrogens with zero attached hydrogens (tertiary/aromatic N) is 4. The highest BCUT2D eigenvalue weighted by molar-refractivity contribution is 8.27. The third kappa shape index (κ3) is 3.39. The van der Waals surface area contributed by atoms with Crippen LogP contribution in [0.25, 0.3) is 11.8 Å². The van der Waals surface area contributed by atoms with E-state index in [1.165, 1.54) is 16.8 Å². The lowest BCUT2D eigenvalue weighted by molar-refractivity contribution is -0.114. The highest BCUT2D eigenvalue weighted by Gasteiger charge is 2.36. The average molecular weight is 462 g/mol. The van der Waals surface area contributed by atoms with Gasteiger partial charge in [-0.15, -0.1) is 11.3 Å². The molecule has 0 unspecified atom stereocenters. The first-order valence-corrected chi connectivity index (χ1v) is 11.5. The molecule has 9 heteroatoms. The monoisotopic (exact) mass is 461 g/mol. The van der Waals surface area contributed by atoms with Crippen LogP contribution < -0.4 is 4.74 Å². The Kier molecular flexibility index (Phi) is 5.07. The van der Waals surface area contributed by atoms with Crippen molar-refractivity contribution in [3.63, 3.8) is 0 Å². The normalized spacial score (nSPS) is 17.0. The minimum Gasteiger partial charge on any atom is -0.497 e. The molecule has 5 rings (SSSR count). The number of aliphatic imine (C=N–C) groups is 1. The van der Waals surface area contributed by atoms with Crippen LogP contribution in [0.15, 0.2) is 63.5 Å². The molecule has 2 aliphatic heterocycles. The van der Waals surface area contributed by atoms with Gasteiger partial charge < -0.3 is 9.30 Å². The number of hydrazone groups is 1. The fraction of sp³-hybridized carbons (Fsp3) is 0.130. The summed E-state index contributed by atoms with van der Waals surface area (Å²) in [6.45, 7) is 4.01. The SMILES string of the molecule is COc1ccc(-n2c(C)cc(/C=C3\C(=N)N4N=C(c5cccs5)SC4=NC3=O)c2C)cc1. The number of thioether (sulfide) groups is 1. The van der Waals surface area contributed by atoms with Crippen molar-refractivity contribution in [2.24, 2.45) is 10.1 Å². The number of hydrogen-bond donors (Lipinski definition) is 1. The molecule has 0 saturated carbocycles. The first kappa shape index (κ1) is 20.5. The summed E-state index contributed by atoms with van der Waals surface area (Å²) in [6, 6.07) is 13.7. The highest BCUT2D eigenvalue weighted by atomic mass is 32.2. The van der Waals surface area contributed by atoms with Crippen LogP contribution in [-0.2, 0) is 4.79 Å². The van der Waals surface area contributed by atoms with Crippen molar-refractivity contribution in [2.75, 3.05) is 7.11 Å². The molecule has 7 nitrogen and oxygen atoms in total. The molecule has 0 bridgehead atoms. The van der Waals surface area contributed by atoms with Crippen molar-refractivity contribution in [3.05, 3.63) is 75.2 Å². The number of amides is 1. The number of nitrogens with one attached hydrogen (secondary N) is 1. The third-order valence-electron chi connectivity index (χ3n) is 5.29. The molecule has 2 aliphatic rings. The number of thiophene rings is 1. The number of benzene rings is 1. The predicted molar refractivity (Wildman–Crippen MR) is 130 cm³/mol. The topological polar surface area (TPSA) is 83.0 Å². The number of aryl methyl sites for hydroxylation is 1. The van der Waals surface area contributed by atoms with Crippen molar-refractivity contribution in [1.82, 2.24) is 9.58 Å². The van der Waals surface area contributed by atoms with Crippen molar-refractivity contribution < 1.29 is 9.53 Å². The molecule has 3 aromatic rings. The summed E-state index contributed by atoms with van der Waals surface area (Å²) in [4.78, 5) is 18.0. The fourth-order valence-electron chi connectivity index (χ4n) is 3.71. The average Bonchev–Trinajstić information content (AvgIpc) is 3.51. The molecule has 1 N–H and O–H groups in total. The molecule has 0 saturated heterocycles. The number of carbonyl (C=O) groups excluding carboxylic acids is 1. The van der Waals surface area contributed by atoms with E-state index in [1.54, 1.807) is 24.5 Å². The number of amidine groups is 2. The highest BCUT2D eigenvalue weighted by Crippen LogP contribution is 2.33. The van der Waals surface area contributed by atoms with Crippen LogP contribution in [0.5, 0.6) is 5.75 Å². The largest absolute Gasteiger partial charge is 0.497 e. The number of rotatable bonds is 4. The smallest absolute Gasteiger partial charge is 0.283 e. The van der Waals surface area contributed by atoms with Gasteiger partial charge in [-0.2, -0.15) is 15.1 Å². The van der Waals surface area contributed by atoms with Crippen LogP contribution in [0.4, 0.5) is 0 Å². The molecule has 0 aliphatic carbocycles. The van der Waals surface area contributed by atoms with Crippen molar-refractivity contribution >= 4 is 51.1 Å². The third-order valence-corrected chi connectivity index (χ3v) is 7.23. The Morgan fingerprint density at radius 1 is 1.16 bits per heavy atom. The lowest BCUT2D eigenvalue weighted by Gasteiger charge is -2.20. The number of carbonyl (C=O) groups is 1. The molecule has 160 valence electrons. The number of ether oxygens (including phenoxy) is 1. The van der Waals surface area contributed by atoms with E-state index in [4.69, 9.17) is 10.1 Å². The lowest BCUT2D eigenvalue weighted by Crippen LogP contribution is -2.35. The van der Waals surface area contributed by atoms with Crippen LogP contribution in [0.1, 0.15) is 21.8 Å². The number of aromatic nitrogens is 1. The van der Waals surface area contributed by atoms with Gasteiger partial charge in [-0.25, -0.2) is 0 Å². The summed E-state index contributed by atoms with van der Waals surface area (Å²) in [7, 11) is 1.64. The second-order valence-corrected chi connectivity index (χ2v) is 9.17. The van der Waals surface area contributed by atoms with E-state index in [0.717, 1.165) is 38.3 Å². The lowest BCUT2D eigenvalue weighted by atomic mass is 10.1. The van der Waals surface area contributed by atoms with E-state index < -0.39 is 5.91 Å². The fourth-order valence-corrected chi connectivity index (χ4v) is 5.39. The summed E-state index contributed by atoms with van der Waals surface area (Å²) in [5.41, 5.74) is 4.07. The zero-order valence-corrected chi connectivity index (χ0v) is 19.3. The standard InChI is InChI=1S/C23H19N5O2S2/c1-13-11-15(14(2)27(13)16-6-8-17(30-3)9-7-16)12-18-20(24)28-23(25-21(18)29)32-22(26-28)19-5-4-10-31-19/h4-12,24H,1-3H3/b18-12+,24-20?. The van der Waals surface area contributed by atoms with Gasteiger partial charge in [-0.3, -0.25) is 10.2 Å². The van der Waals surface area contributed by atoms with Gasteiger partial charge in [0, 0.05) is 17.1 Å². The van der Waals surface area contributed by atoms with Crippen molar-refractivity contribution in [3.8, 4) is 11.4 Å². The number of fused-ring (bicyclic) bond motifs is 1. The van der Waals surface area contributed by atoms with Crippen molar-refractivity contribution in [1.29, 1.82) is 5.41 Å². The van der Waals surface area contributed by atoms with Gasteiger partial charge in [0.2, 0.25) is 5.17 Å². The van der Waals surface area contributed by atoms with Crippen LogP contribution in [0.2, 0.25) is 0 Å². The van der Waals surface area contributed by atoms with Gasteiger partial charge in [-0.1, -0.05) is 6.07 Å². The van der Waals surface area contributed by atoms with Crippen LogP contribution in [0, 0.1) is 19.3 Å². The van der Waals surface area contributed by atoms with Gasteiger partial charge in [0.25, 0.3) is 5.91 Å². The van der Waals surface area contributed by atoms with Crippen LogP contribution >= 0.6 is 23.1 Å². The molecule has 0 spiro atoms. The summed E-state index contributed by atoms with van der Waals surface area (Å²) < 4.78 is 7.36. The molecule has 1 amide bonds. The predicted octanol–water partition coefficient (Wildman–Crippen LogP) is 4.83. The molecule has 0 fully saturated rings. The zero-order chi connectivity index (χ0) is 22.4. The van der Waals surface area contributed by atoms with Gasteiger partial charge in [-0.05, 0) is 79.0 Å². The second-order valence-electron chi connectivity index (χ2n) is 7.26. The molecular weight excluding hydrogens is 442 g/mol. The number of methoxy groups -OCH3 is 1. The maximum atomic E-state index is 12.8. The molecule has 4 heterocycles. The van der Waals surface area contributed by atoms with Crippen molar-refractivity contribution in [2.45, 2.75) is 13.8 Å².